The van der Waals surface area contributed by atoms with E-state index in [4.69, 9.17) is 4.74 Å². The van der Waals surface area contributed by atoms with E-state index in [1.165, 1.54) is 6.20 Å². The van der Waals surface area contributed by atoms with E-state index < -0.39 is 6.08 Å². The first-order valence-electron chi connectivity index (χ1n) is 11.0. The van der Waals surface area contributed by atoms with Gasteiger partial charge in [0.1, 0.15) is 18.0 Å². The Labute approximate surface area is 201 Å². The van der Waals surface area contributed by atoms with Crippen LogP contribution in [0.15, 0.2) is 61.7 Å². The van der Waals surface area contributed by atoms with Gasteiger partial charge in [-0.25, -0.2) is 24.9 Å². The number of nitrogens with zero attached hydrogens (tertiary/aromatic N) is 9. The van der Waals surface area contributed by atoms with Crippen LogP contribution < -0.4 is 9.80 Å². The van der Waals surface area contributed by atoms with E-state index in [1.54, 1.807) is 44.3 Å². The van der Waals surface area contributed by atoms with Gasteiger partial charge in [-0.3, -0.25) is 4.57 Å². The first kappa shape index (κ1) is 22.4. The van der Waals surface area contributed by atoms with Gasteiger partial charge in [-0.1, -0.05) is 11.8 Å². The topological polar surface area (TPSA) is 98.0 Å². The maximum atomic E-state index is 13.5. The van der Waals surface area contributed by atoms with Crippen LogP contribution in [-0.2, 0) is 4.74 Å². The molecule has 0 aromatic carbocycles. The summed E-state index contributed by atoms with van der Waals surface area (Å²) < 4.78 is 20.8. The van der Waals surface area contributed by atoms with Crippen molar-refractivity contribution in [1.29, 1.82) is 0 Å². The molecule has 4 aromatic heterocycles. The quantitative estimate of drug-likeness (QED) is 0.318. The average molecular weight is 472 g/mol. The summed E-state index contributed by atoms with van der Waals surface area (Å²) in [5, 5.41) is 0. The maximum absolute atomic E-state index is 13.5. The number of piperazine rings is 1. The third kappa shape index (κ3) is 5.23. The number of rotatable bonds is 5. The Morgan fingerprint density at radius 1 is 0.971 bits per heavy atom. The lowest BCUT2D eigenvalue weighted by molar-refractivity contribution is 0.173. The molecule has 1 aliphatic rings. The summed E-state index contributed by atoms with van der Waals surface area (Å²) in [6.07, 6.45) is 11.0. The normalized spacial score (nSPS) is 15.5. The summed E-state index contributed by atoms with van der Waals surface area (Å²) in [4.78, 5) is 29.0. The van der Waals surface area contributed by atoms with Crippen LogP contribution in [0.25, 0.3) is 5.82 Å². The summed E-state index contributed by atoms with van der Waals surface area (Å²) in [5.41, 5.74) is 1.49. The highest BCUT2D eigenvalue weighted by Gasteiger charge is 2.29. The average Bonchev–Trinajstić information content (AvgIpc) is 3.43. The SMILES string of the molecule is COC[C@H]1CN(c2ncc(C#Cc3ccc(-n4ccnc4)nc3)cn2)CCN1c1ccnc(F)n1. The standard InChI is InChI=1S/C24H22FN9O/c1-35-16-20-15-32(10-11-34(20)22-6-7-27-23(25)31-22)24-29-13-19(14-30-24)3-2-18-4-5-21(28-12-18)33-9-8-26-17-33/h4-9,12-14,17,20H,10-11,15-16H2,1H3/t20-/m1/s1. The Balaban J connectivity index is 1.25. The largest absolute Gasteiger partial charge is 0.382 e. The second-order valence-corrected chi connectivity index (χ2v) is 7.83. The molecule has 0 unspecified atom stereocenters. The molecule has 4 aromatic rings. The number of hydrogen-bond acceptors (Lipinski definition) is 9. The zero-order valence-electron chi connectivity index (χ0n) is 19.0. The van der Waals surface area contributed by atoms with E-state index in [0.717, 1.165) is 11.4 Å². The van der Waals surface area contributed by atoms with Gasteiger partial charge in [0.05, 0.1) is 18.2 Å². The van der Waals surface area contributed by atoms with Gasteiger partial charge < -0.3 is 14.5 Å². The number of halogens is 1. The third-order valence-corrected chi connectivity index (χ3v) is 5.54. The fourth-order valence-electron chi connectivity index (χ4n) is 3.86. The Hall–Kier alpha value is -4.43. The molecule has 5 rings (SSSR count). The zero-order valence-corrected chi connectivity index (χ0v) is 19.0. The second-order valence-electron chi connectivity index (χ2n) is 7.83. The highest BCUT2D eigenvalue weighted by Crippen LogP contribution is 2.21. The van der Waals surface area contributed by atoms with Gasteiger partial charge in [0, 0.05) is 69.5 Å². The Morgan fingerprint density at radius 2 is 1.80 bits per heavy atom. The summed E-state index contributed by atoms with van der Waals surface area (Å²) in [6.45, 7) is 2.35. The monoisotopic (exact) mass is 471 g/mol. The van der Waals surface area contributed by atoms with Gasteiger partial charge in [0.15, 0.2) is 0 Å². The molecular formula is C24H22FN9O. The number of aromatic nitrogens is 7. The predicted octanol–water partition coefficient (Wildman–Crippen LogP) is 1.73. The van der Waals surface area contributed by atoms with Crippen LogP contribution in [0.4, 0.5) is 16.2 Å². The van der Waals surface area contributed by atoms with E-state index in [-0.39, 0.29) is 6.04 Å². The van der Waals surface area contributed by atoms with Crippen LogP contribution in [0.5, 0.6) is 0 Å². The summed E-state index contributed by atoms with van der Waals surface area (Å²) in [5.74, 6) is 8.09. The third-order valence-electron chi connectivity index (χ3n) is 5.54. The molecule has 1 fully saturated rings. The molecule has 0 amide bonds. The number of anilines is 2. The molecule has 0 aliphatic carbocycles. The minimum absolute atomic E-state index is 0.0380. The molecule has 35 heavy (non-hydrogen) atoms. The molecule has 0 radical (unpaired) electrons. The van der Waals surface area contributed by atoms with Crippen LogP contribution in [-0.4, -0.2) is 73.9 Å². The van der Waals surface area contributed by atoms with Crippen molar-refractivity contribution in [3.63, 3.8) is 0 Å². The molecule has 1 atom stereocenters. The van der Waals surface area contributed by atoms with Crippen molar-refractivity contribution in [1.82, 2.24) is 34.5 Å². The molecule has 1 aliphatic heterocycles. The lowest BCUT2D eigenvalue weighted by Gasteiger charge is -2.41. The maximum Gasteiger partial charge on any atom is 0.310 e. The van der Waals surface area contributed by atoms with Gasteiger partial charge in [0.2, 0.25) is 5.95 Å². The number of ether oxygens (including phenoxy) is 1. The van der Waals surface area contributed by atoms with Crippen LogP contribution >= 0.6 is 0 Å². The molecule has 11 heteroatoms. The second kappa shape index (κ2) is 10.2. The van der Waals surface area contributed by atoms with E-state index in [9.17, 15) is 4.39 Å². The summed E-state index contributed by atoms with van der Waals surface area (Å²) in [6, 6.07) is 5.45. The molecule has 1 saturated heterocycles. The van der Waals surface area contributed by atoms with Crippen molar-refractivity contribution in [3.05, 3.63) is 78.9 Å². The number of imidazole rings is 1. The van der Waals surface area contributed by atoms with Crippen LogP contribution in [0, 0.1) is 17.9 Å². The van der Waals surface area contributed by atoms with Crippen molar-refractivity contribution in [2.45, 2.75) is 6.04 Å². The van der Waals surface area contributed by atoms with Gasteiger partial charge in [-0.05, 0) is 18.2 Å². The van der Waals surface area contributed by atoms with Crippen molar-refractivity contribution >= 4 is 11.8 Å². The molecule has 176 valence electrons. The fraction of sp³-hybridized carbons (Fsp3) is 0.250. The van der Waals surface area contributed by atoms with E-state index in [1.807, 2.05) is 27.8 Å². The minimum atomic E-state index is -0.744. The molecule has 0 bridgehead atoms. The lowest BCUT2D eigenvalue weighted by Crippen LogP contribution is -2.56. The smallest absolute Gasteiger partial charge is 0.310 e. The predicted molar refractivity (Wildman–Crippen MR) is 127 cm³/mol. The van der Waals surface area contributed by atoms with Gasteiger partial charge in [0.25, 0.3) is 0 Å². The van der Waals surface area contributed by atoms with E-state index in [2.05, 4.69) is 46.6 Å². The van der Waals surface area contributed by atoms with Crippen LogP contribution in [0.3, 0.4) is 0 Å². The van der Waals surface area contributed by atoms with Gasteiger partial charge in [-0.15, -0.1) is 0 Å². The van der Waals surface area contributed by atoms with E-state index >= 15 is 0 Å². The zero-order chi connectivity index (χ0) is 24.0. The first-order valence-corrected chi connectivity index (χ1v) is 11.0. The number of methoxy groups -OCH3 is 1. The van der Waals surface area contributed by atoms with Crippen LogP contribution in [0.2, 0.25) is 0 Å². The van der Waals surface area contributed by atoms with Gasteiger partial charge in [-0.2, -0.15) is 9.37 Å². The van der Waals surface area contributed by atoms with Crippen molar-refractivity contribution < 1.29 is 9.13 Å². The fourth-order valence-corrected chi connectivity index (χ4v) is 3.86. The first-order chi connectivity index (χ1) is 17.2. The van der Waals surface area contributed by atoms with Crippen molar-refractivity contribution in [2.24, 2.45) is 0 Å². The summed E-state index contributed by atoms with van der Waals surface area (Å²) in [7, 11) is 1.64. The highest BCUT2D eigenvalue weighted by atomic mass is 19.1. The Bertz CT molecular complexity index is 1320. The molecule has 0 N–H and O–H groups in total. The van der Waals surface area contributed by atoms with Gasteiger partial charge >= 0.3 is 6.08 Å². The molecular weight excluding hydrogens is 449 g/mol. The van der Waals surface area contributed by atoms with Crippen molar-refractivity contribution in [3.8, 4) is 17.7 Å². The number of hydrogen-bond donors (Lipinski definition) is 0. The lowest BCUT2D eigenvalue weighted by atomic mass is 10.2. The molecule has 5 heterocycles. The van der Waals surface area contributed by atoms with Crippen LogP contribution in [0.1, 0.15) is 11.1 Å². The number of pyridine rings is 1. The molecule has 0 saturated carbocycles. The molecule has 0 spiro atoms. The Kier molecular flexibility index (Phi) is 6.54. The van der Waals surface area contributed by atoms with E-state index in [0.29, 0.717) is 43.6 Å². The Morgan fingerprint density at radius 3 is 2.51 bits per heavy atom. The summed E-state index contributed by atoms with van der Waals surface area (Å²) >= 11 is 0. The van der Waals surface area contributed by atoms with Crippen molar-refractivity contribution in [2.75, 3.05) is 43.2 Å². The molecule has 10 nitrogen and oxygen atoms in total. The highest BCUT2D eigenvalue weighted by molar-refractivity contribution is 5.45. The minimum Gasteiger partial charge on any atom is -0.382 e.